The Hall–Kier alpha value is -3.55. The summed E-state index contributed by atoms with van der Waals surface area (Å²) in [5.74, 6) is -0.554. The number of carbonyl (C=O) groups excluding carboxylic acids is 3. The predicted molar refractivity (Wildman–Crippen MR) is 101 cm³/mol. The number of nitrogens with one attached hydrogen (secondary N) is 2. The maximum atomic E-state index is 12.7. The molecule has 0 bridgehead atoms. The van der Waals surface area contributed by atoms with E-state index in [-0.39, 0.29) is 18.0 Å². The summed E-state index contributed by atoms with van der Waals surface area (Å²) in [6.07, 6.45) is 0. The molecule has 0 saturated carbocycles. The van der Waals surface area contributed by atoms with Crippen LogP contribution in [0.15, 0.2) is 42.5 Å². The molecule has 0 saturated heterocycles. The minimum absolute atomic E-state index is 0.125. The van der Waals surface area contributed by atoms with Crippen molar-refractivity contribution in [3.63, 3.8) is 0 Å². The highest BCUT2D eigenvalue weighted by atomic mass is 16.7. The highest BCUT2D eigenvalue weighted by molar-refractivity contribution is 6.15. The zero-order chi connectivity index (χ0) is 20.3. The maximum Gasteiger partial charge on any atom is 0.339 e. The first-order chi connectivity index (χ1) is 13.3. The Bertz CT molecular complexity index is 938. The number of ether oxygens (including phenoxy) is 3. The van der Waals surface area contributed by atoms with Gasteiger partial charge in [-0.2, -0.15) is 0 Å². The largest absolute Gasteiger partial charge is 0.465 e. The Kier molecular flexibility index (Phi) is 5.21. The van der Waals surface area contributed by atoms with Crippen molar-refractivity contribution >= 4 is 29.2 Å². The van der Waals surface area contributed by atoms with Gasteiger partial charge < -0.3 is 24.8 Å². The van der Waals surface area contributed by atoms with Crippen molar-refractivity contribution in [1.82, 2.24) is 0 Å². The standard InChI is InChI=1S/C20H20N2O6/c1-20(2,18(24)21-12-8-9-15-16(10-12)28-11-27-15)19(25)22-14-7-5-4-6-13(14)17(23)26-3/h4-10H,11H2,1-3H3,(H,21,24)(H,22,25). The molecule has 1 heterocycles. The molecule has 2 N–H and O–H groups in total. The molecule has 146 valence electrons. The molecule has 2 amide bonds. The second kappa shape index (κ2) is 7.59. The average Bonchev–Trinajstić information content (AvgIpc) is 3.15. The maximum absolute atomic E-state index is 12.7. The lowest BCUT2D eigenvalue weighted by Gasteiger charge is -2.23. The van der Waals surface area contributed by atoms with Crippen LogP contribution in [-0.4, -0.2) is 31.7 Å². The molecular formula is C20H20N2O6. The summed E-state index contributed by atoms with van der Waals surface area (Å²) < 4.78 is 15.2. The van der Waals surface area contributed by atoms with Crippen LogP contribution in [0.3, 0.4) is 0 Å². The summed E-state index contributed by atoms with van der Waals surface area (Å²) in [6.45, 7) is 3.11. The number of benzene rings is 2. The van der Waals surface area contributed by atoms with E-state index in [2.05, 4.69) is 10.6 Å². The average molecular weight is 384 g/mol. The lowest BCUT2D eigenvalue weighted by molar-refractivity contribution is -0.135. The van der Waals surface area contributed by atoms with Crippen LogP contribution in [0.5, 0.6) is 11.5 Å². The summed E-state index contributed by atoms with van der Waals surface area (Å²) in [5, 5.41) is 5.33. The van der Waals surface area contributed by atoms with E-state index < -0.39 is 23.2 Å². The number of anilines is 2. The van der Waals surface area contributed by atoms with Gasteiger partial charge in [-0.25, -0.2) is 4.79 Å². The molecule has 28 heavy (non-hydrogen) atoms. The van der Waals surface area contributed by atoms with Gasteiger partial charge in [0.1, 0.15) is 5.41 Å². The third-order valence-corrected chi connectivity index (χ3v) is 4.35. The van der Waals surface area contributed by atoms with Crippen LogP contribution < -0.4 is 20.1 Å². The van der Waals surface area contributed by atoms with Gasteiger partial charge in [0.25, 0.3) is 0 Å². The van der Waals surface area contributed by atoms with E-state index in [1.54, 1.807) is 36.4 Å². The quantitative estimate of drug-likeness (QED) is 0.607. The molecule has 0 radical (unpaired) electrons. The topological polar surface area (TPSA) is 103 Å². The van der Waals surface area contributed by atoms with E-state index in [4.69, 9.17) is 14.2 Å². The van der Waals surface area contributed by atoms with Crippen molar-refractivity contribution in [1.29, 1.82) is 0 Å². The number of rotatable bonds is 5. The molecular weight excluding hydrogens is 364 g/mol. The molecule has 8 nitrogen and oxygen atoms in total. The fourth-order valence-corrected chi connectivity index (χ4v) is 2.52. The van der Waals surface area contributed by atoms with E-state index >= 15 is 0 Å². The van der Waals surface area contributed by atoms with Gasteiger partial charge >= 0.3 is 5.97 Å². The number of hydrogen-bond donors (Lipinski definition) is 2. The van der Waals surface area contributed by atoms with Gasteiger partial charge in [-0.1, -0.05) is 12.1 Å². The molecule has 2 aromatic carbocycles. The van der Waals surface area contributed by atoms with Gasteiger partial charge in [0, 0.05) is 11.8 Å². The zero-order valence-electron chi connectivity index (χ0n) is 15.7. The van der Waals surface area contributed by atoms with E-state index in [0.717, 1.165) is 0 Å². The van der Waals surface area contributed by atoms with Crippen molar-refractivity contribution in [2.45, 2.75) is 13.8 Å². The van der Waals surface area contributed by atoms with Crippen molar-refractivity contribution in [3.05, 3.63) is 48.0 Å². The molecule has 0 aliphatic carbocycles. The second-order valence-electron chi connectivity index (χ2n) is 6.64. The molecule has 0 aromatic heterocycles. The Balaban J connectivity index is 1.74. The van der Waals surface area contributed by atoms with Crippen LogP contribution in [0.1, 0.15) is 24.2 Å². The monoisotopic (exact) mass is 384 g/mol. The van der Waals surface area contributed by atoms with Crippen molar-refractivity contribution < 1.29 is 28.6 Å². The number of esters is 1. The number of hydrogen-bond acceptors (Lipinski definition) is 6. The summed E-state index contributed by atoms with van der Waals surface area (Å²) in [7, 11) is 1.25. The summed E-state index contributed by atoms with van der Waals surface area (Å²) in [4.78, 5) is 37.3. The zero-order valence-corrected chi connectivity index (χ0v) is 15.7. The number of amides is 2. The van der Waals surface area contributed by atoms with E-state index in [9.17, 15) is 14.4 Å². The lowest BCUT2D eigenvalue weighted by Crippen LogP contribution is -2.41. The van der Waals surface area contributed by atoms with Gasteiger partial charge in [0.2, 0.25) is 18.6 Å². The van der Waals surface area contributed by atoms with Crippen LogP contribution in [0.25, 0.3) is 0 Å². The second-order valence-corrected chi connectivity index (χ2v) is 6.64. The Morgan fingerprint density at radius 2 is 1.64 bits per heavy atom. The normalized spacial score (nSPS) is 12.2. The molecule has 1 aliphatic heterocycles. The molecule has 3 rings (SSSR count). The molecule has 0 unspecified atom stereocenters. The highest BCUT2D eigenvalue weighted by Gasteiger charge is 2.37. The number of fused-ring (bicyclic) bond motifs is 1. The number of methoxy groups -OCH3 is 1. The molecule has 0 spiro atoms. The summed E-state index contributed by atoms with van der Waals surface area (Å²) in [5.41, 5.74) is -0.474. The van der Waals surface area contributed by atoms with Crippen LogP contribution in [0, 0.1) is 5.41 Å². The van der Waals surface area contributed by atoms with Crippen LogP contribution >= 0.6 is 0 Å². The van der Waals surface area contributed by atoms with Crippen molar-refractivity contribution in [2.24, 2.45) is 5.41 Å². The Morgan fingerprint density at radius 3 is 2.39 bits per heavy atom. The van der Waals surface area contributed by atoms with E-state index in [1.165, 1.54) is 27.0 Å². The minimum atomic E-state index is -1.42. The van der Waals surface area contributed by atoms with Crippen LogP contribution in [0.4, 0.5) is 11.4 Å². The van der Waals surface area contributed by atoms with Gasteiger partial charge in [-0.15, -0.1) is 0 Å². The summed E-state index contributed by atoms with van der Waals surface area (Å²) >= 11 is 0. The first kappa shape index (κ1) is 19.2. The first-order valence-electron chi connectivity index (χ1n) is 8.53. The Morgan fingerprint density at radius 1 is 0.964 bits per heavy atom. The molecule has 1 aliphatic rings. The van der Waals surface area contributed by atoms with E-state index in [0.29, 0.717) is 17.2 Å². The third kappa shape index (κ3) is 3.75. The third-order valence-electron chi connectivity index (χ3n) is 4.35. The Labute approximate surface area is 161 Å². The summed E-state index contributed by atoms with van der Waals surface area (Å²) in [6, 6.07) is 11.4. The van der Waals surface area contributed by atoms with Crippen molar-refractivity contribution in [3.8, 4) is 11.5 Å². The predicted octanol–water partition coefficient (Wildman–Crippen LogP) is 2.81. The van der Waals surface area contributed by atoms with Gasteiger partial charge in [0.05, 0.1) is 18.4 Å². The van der Waals surface area contributed by atoms with Gasteiger partial charge in [-0.05, 0) is 38.1 Å². The lowest BCUT2D eigenvalue weighted by atomic mass is 9.90. The fourth-order valence-electron chi connectivity index (χ4n) is 2.52. The first-order valence-corrected chi connectivity index (χ1v) is 8.53. The smallest absolute Gasteiger partial charge is 0.339 e. The highest BCUT2D eigenvalue weighted by Crippen LogP contribution is 2.34. The SMILES string of the molecule is COC(=O)c1ccccc1NC(=O)C(C)(C)C(=O)Nc1ccc2c(c1)OCO2. The number of carbonyl (C=O) groups is 3. The molecule has 2 aromatic rings. The number of para-hydroxylation sites is 1. The fraction of sp³-hybridized carbons (Fsp3) is 0.250. The van der Waals surface area contributed by atoms with Gasteiger partial charge in [0.15, 0.2) is 11.5 Å². The van der Waals surface area contributed by atoms with Gasteiger partial charge in [-0.3, -0.25) is 9.59 Å². The minimum Gasteiger partial charge on any atom is -0.465 e. The van der Waals surface area contributed by atoms with Crippen LogP contribution in [-0.2, 0) is 14.3 Å². The van der Waals surface area contributed by atoms with E-state index in [1.807, 2.05) is 0 Å². The molecule has 0 atom stereocenters. The molecule has 0 fully saturated rings. The van der Waals surface area contributed by atoms with Crippen LogP contribution in [0.2, 0.25) is 0 Å². The molecule has 8 heteroatoms. The van der Waals surface area contributed by atoms with Crippen molar-refractivity contribution in [2.75, 3.05) is 24.5 Å².